The maximum Gasteiger partial charge on any atom is 0.355 e. The summed E-state index contributed by atoms with van der Waals surface area (Å²) in [7, 11) is 0. The number of hydrogen-bond donors (Lipinski definition) is 1. The Morgan fingerprint density at radius 3 is 2.64 bits per heavy atom. The molecule has 0 radical (unpaired) electrons. The van der Waals surface area contributed by atoms with E-state index >= 15 is 0 Å². The lowest BCUT2D eigenvalue weighted by atomic mass is 10.0. The maximum absolute atomic E-state index is 13.2. The molecule has 0 aromatic rings. The minimum atomic E-state index is -2.12. The van der Waals surface area contributed by atoms with Gasteiger partial charge in [0, 0.05) is 0 Å². The highest BCUT2D eigenvalue weighted by molar-refractivity contribution is 9.10. The largest absolute Gasteiger partial charge is 0.456 e. The van der Waals surface area contributed by atoms with Crippen molar-refractivity contribution in [1.82, 2.24) is 0 Å². The van der Waals surface area contributed by atoms with E-state index in [4.69, 9.17) is 5.11 Å². The molecular formula is C6H8BrFO3. The van der Waals surface area contributed by atoms with Crippen molar-refractivity contribution in [2.24, 2.45) is 5.92 Å². The van der Waals surface area contributed by atoms with Crippen molar-refractivity contribution in [2.75, 3.05) is 6.61 Å². The Balaban J connectivity index is 2.80. The fourth-order valence-corrected chi connectivity index (χ4v) is 1.32. The second-order valence-corrected chi connectivity index (χ2v) is 3.69. The molecule has 0 amide bonds. The normalized spacial score (nSPS) is 44.2. The second kappa shape index (κ2) is 2.71. The Kier molecular flexibility index (Phi) is 2.20. The van der Waals surface area contributed by atoms with Gasteiger partial charge in [0.05, 0.1) is 12.5 Å². The van der Waals surface area contributed by atoms with E-state index in [2.05, 4.69) is 20.7 Å². The number of esters is 1. The van der Waals surface area contributed by atoms with Crippen molar-refractivity contribution in [3.05, 3.63) is 0 Å². The van der Waals surface area contributed by atoms with Gasteiger partial charge in [0.15, 0.2) is 0 Å². The van der Waals surface area contributed by atoms with Crippen molar-refractivity contribution in [1.29, 1.82) is 0 Å². The molecule has 0 bridgehead atoms. The molecule has 0 spiro atoms. The van der Waals surface area contributed by atoms with Crippen molar-refractivity contribution in [2.45, 2.75) is 17.6 Å². The molecule has 3 nitrogen and oxygen atoms in total. The van der Waals surface area contributed by atoms with Crippen LogP contribution in [0.1, 0.15) is 6.92 Å². The summed E-state index contributed by atoms with van der Waals surface area (Å²) in [5, 5.41) is 8.62. The third kappa shape index (κ3) is 1.27. The molecule has 1 unspecified atom stereocenters. The first-order chi connectivity index (χ1) is 5.00. The zero-order chi connectivity index (χ0) is 8.65. The van der Waals surface area contributed by atoms with Crippen molar-refractivity contribution < 1.29 is 19.0 Å². The SMILES string of the molecule is C[C@H]1[C@@H](CO)OC(=O)C1(F)Br. The molecule has 11 heavy (non-hydrogen) atoms. The number of halogens is 2. The first-order valence-corrected chi connectivity index (χ1v) is 3.99. The number of cyclic esters (lactones) is 1. The number of carbonyl (C=O) groups excluding carboxylic acids is 1. The summed E-state index contributed by atoms with van der Waals surface area (Å²) in [6.07, 6.45) is -0.730. The van der Waals surface area contributed by atoms with E-state index in [1.54, 1.807) is 0 Å². The topological polar surface area (TPSA) is 46.5 Å². The number of carbonyl (C=O) groups is 1. The number of aliphatic hydroxyl groups is 1. The highest BCUT2D eigenvalue weighted by Gasteiger charge is 2.54. The smallest absolute Gasteiger partial charge is 0.355 e. The van der Waals surface area contributed by atoms with Crippen LogP contribution in [0.4, 0.5) is 4.39 Å². The molecular weight excluding hydrogens is 219 g/mol. The molecule has 0 aliphatic carbocycles. The Labute approximate surface area is 71.7 Å². The highest BCUT2D eigenvalue weighted by atomic mass is 79.9. The Hall–Kier alpha value is -0.160. The zero-order valence-corrected chi connectivity index (χ0v) is 7.47. The minimum Gasteiger partial charge on any atom is -0.456 e. The van der Waals surface area contributed by atoms with Crippen LogP contribution >= 0.6 is 15.9 Å². The highest BCUT2D eigenvalue weighted by Crippen LogP contribution is 2.40. The quantitative estimate of drug-likeness (QED) is 0.527. The van der Waals surface area contributed by atoms with Gasteiger partial charge in [-0.3, -0.25) is 0 Å². The Morgan fingerprint density at radius 2 is 2.45 bits per heavy atom. The molecule has 1 heterocycles. The number of hydrogen-bond acceptors (Lipinski definition) is 3. The number of rotatable bonds is 1. The molecule has 1 N–H and O–H groups in total. The fraction of sp³-hybridized carbons (Fsp3) is 0.833. The van der Waals surface area contributed by atoms with E-state index in [0.717, 1.165) is 0 Å². The van der Waals surface area contributed by atoms with Gasteiger partial charge in [0.2, 0.25) is 0 Å². The summed E-state index contributed by atoms with van der Waals surface area (Å²) in [5.74, 6) is -1.61. The summed E-state index contributed by atoms with van der Waals surface area (Å²) >= 11 is 2.60. The molecule has 0 saturated carbocycles. The zero-order valence-electron chi connectivity index (χ0n) is 5.88. The fourth-order valence-electron chi connectivity index (χ4n) is 0.933. The van der Waals surface area contributed by atoms with Crippen molar-refractivity contribution >= 4 is 21.9 Å². The Morgan fingerprint density at radius 1 is 1.91 bits per heavy atom. The maximum atomic E-state index is 13.2. The van der Waals surface area contributed by atoms with Crippen molar-refractivity contribution in [3.63, 3.8) is 0 Å². The summed E-state index contributed by atoms with van der Waals surface area (Å²) in [6.45, 7) is 1.16. The predicted octanol–water partition coefficient (Wildman–Crippen LogP) is 0.601. The summed E-state index contributed by atoms with van der Waals surface area (Å²) in [5.41, 5.74) is 0. The third-order valence-electron chi connectivity index (χ3n) is 1.84. The van der Waals surface area contributed by atoms with Gasteiger partial charge in [-0.1, -0.05) is 6.92 Å². The molecule has 0 aromatic carbocycles. The van der Waals surface area contributed by atoms with E-state index < -0.39 is 22.6 Å². The van der Waals surface area contributed by atoms with Gasteiger partial charge in [0.1, 0.15) is 6.10 Å². The van der Waals surface area contributed by atoms with E-state index in [0.29, 0.717) is 0 Å². The van der Waals surface area contributed by atoms with Crippen LogP contribution in [-0.4, -0.2) is 28.4 Å². The van der Waals surface area contributed by atoms with Gasteiger partial charge < -0.3 is 9.84 Å². The molecule has 5 heteroatoms. The van der Waals surface area contributed by atoms with E-state index in [-0.39, 0.29) is 6.61 Å². The monoisotopic (exact) mass is 226 g/mol. The van der Waals surface area contributed by atoms with Gasteiger partial charge in [-0.25, -0.2) is 9.18 Å². The lowest BCUT2D eigenvalue weighted by molar-refractivity contribution is -0.147. The molecule has 3 atom stereocenters. The average molecular weight is 227 g/mol. The van der Waals surface area contributed by atoms with Gasteiger partial charge in [-0.2, -0.15) is 0 Å². The van der Waals surface area contributed by atoms with Crippen LogP contribution in [0, 0.1) is 5.92 Å². The lowest BCUT2D eigenvalue weighted by Gasteiger charge is -2.13. The van der Waals surface area contributed by atoms with Crippen LogP contribution in [0.5, 0.6) is 0 Å². The summed E-state index contributed by atoms with van der Waals surface area (Å²) in [6, 6.07) is 0. The minimum absolute atomic E-state index is 0.343. The van der Waals surface area contributed by atoms with Crippen LogP contribution in [0.3, 0.4) is 0 Å². The van der Waals surface area contributed by atoms with Gasteiger partial charge >= 0.3 is 5.97 Å². The van der Waals surface area contributed by atoms with Gasteiger partial charge in [-0.05, 0) is 15.9 Å². The number of ether oxygens (including phenoxy) is 1. The second-order valence-electron chi connectivity index (χ2n) is 2.54. The van der Waals surface area contributed by atoms with Crippen LogP contribution in [0.15, 0.2) is 0 Å². The Bertz CT molecular complexity index is 183. The number of alkyl halides is 2. The van der Waals surface area contributed by atoms with Gasteiger partial charge in [-0.15, -0.1) is 0 Å². The van der Waals surface area contributed by atoms with Crippen molar-refractivity contribution in [3.8, 4) is 0 Å². The standard InChI is InChI=1S/C6H8BrFO3/c1-3-4(2-9)11-5(10)6(3,7)8/h3-4,9H,2H2,1H3/t3-,4+,6?/m0/s1. The molecule has 64 valence electrons. The average Bonchev–Trinajstić information content (AvgIpc) is 2.14. The molecule has 0 aromatic heterocycles. The number of aliphatic hydroxyl groups excluding tert-OH is 1. The first-order valence-electron chi connectivity index (χ1n) is 3.20. The van der Waals surface area contributed by atoms with Crippen LogP contribution in [-0.2, 0) is 9.53 Å². The third-order valence-corrected chi connectivity index (χ3v) is 2.89. The van der Waals surface area contributed by atoms with E-state index in [9.17, 15) is 9.18 Å². The predicted molar refractivity (Wildman–Crippen MR) is 38.9 cm³/mol. The molecule has 1 aliphatic heterocycles. The molecule has 1 saturated heterocycles. The van der Waals surface area contributed by atoms with Gasteiger partial charge in [0.25, 0.3) is 4.58 Å². The van der Waals surface area contributed by atoms with E-state index in [1.807, 2.05) is 0 Å². The summed E-state index contributed by atoms with van der Waals surface area (Å²) < 4.78 is 15.6. The molecule has 1 aliphatic rings. The van der Waals surface area contributed by atoms with Crippen LogP contribution in [0.2, 0.25) is 0 Å². The lowest BCUT2D eigenvalue weighted by Crippen LogP contribution is -2.29. The first kappa shape index (κ1) is 8.93. The summed E-state index contributed by atoms with van der Waals surface area (Å²) in [4.78, 5) is 10.7. The molecule has 1 rings (SSSR count). The van der Waals surface area contributed by atoms with Crippen LogP contribution < -0.4 is 0 Å². The van der Waals surface area contributed by atoms with Crippen LogP contribution in [0.25, 0.3) is 0 Å². The van der Waals surface area contributed by atoms with E-state index in [1.165, 1.54) is 6.92 Å². The molecule has 1 fully saturated rings.